The summed E-state index contributed by atoms with van der Waals surface area (Å²) >= 11 is 0. The lowest BCUT2D eigenvalue weighted by molar-refractivity contribution is -0.137. The number of rotatable bonds is 6. The SMILES string of the molecule is CC(C)N(C)C(=O)COCC1CCCCC1CN. The Morgan fingerprint density at radius 1 is 1.33 bits per heavy atom. The van der Waals surface area contributed by atoms with Crippen molar-refractivity contribution >= 4 is 5.91 Å². The molecule has 2 unspecified atom stereocenters. The Morgan fingerprint density at radius 2 is 1.94 bits per heavy atom. The zero-order chi connectivity index (χ0) is 13.5. The summed E-state index contributed by atoms with van der Waals surface area (Å²) in [6.07, 6.45) is 4.96. The van der Waals surface area contributed by atoms with E-state index in [9.17, 15) is 4.79 Å². The summed E-state index contributed by atoms with van der Waals surface area (Å²) in [6, 6.07) is 0.229. The normalized spacial score (nSPS) is 24.3. The molecule has 0 spiro atoms. The van der Waals surface area contributed by atoms with Crippen molar-refractivity contribution in [3.05, 3.63) is 0 Å². The summed E-state index contributed by atoms with van der Waals surface area (Å²) in [7, 11) is 1.82. The minimum atomic E-state index is 0.0603. The number of hydrogen-bond acceptors (Lipinski definition) is 3. The van der Waals surface area contributed by atoms with Crippen LogP contribution in [-0.4, -0.2) is 43.7 Å². The first-order valence-electron chi connectivity index (χ1n) is 7.09. The summed E-state index contributed by atoms with van der Waals surface area (Å²) < 4.78 is 5.59. The van der Waals surface area contributed by atoms with Gasteiger partial charge in [-0.25, -0.2) is 0 Å². The highest BCUT2D eigenvalue weighted by Crippen LogP contribution is 2.29. The van der Waals surface area contributed by atoms with Gasteiger partial charge in [-0.15, -0.1) is 0 Å². The molecule has 0 bridgehead atoms. The lowest BCUT2D eigenvalue weighted by atomic mass is 9.80. The molecule has 1 rings (SSSR count). The van der Waals surface area contributed by atoms with Crippen molar-refractivity contribution in [3.8, 4) is 0 Å². The quantitative estimate of drug-likeness (QED) is 0.786. The fourth-order valence-electron chi connectivity index (χ4n) is 2.50. The van der Waals surface area contributed by atoms with Crippen LogP contribution in [0.4, 0.5) is 0 Å². The zero-order valence-electron chi connectivity index (χ0n) is 12.0. The van der Waals surface area contributed by atoms with Gasteiger partial charge < -0.3 is 15.4 Å². The first kappa shape index (κ1) is 15.4. The lowest BCUT2D eigenvalue weighted by Gasteiger charge is -2.30. The standard InChI is InChI=1S/C14H28N2O2/c1-11(2)16(3)14(17)10-18-9-13-7-5-4-6-12(13)8-15/h11-13H,4-10,15H2,1-3H3. The van der Waals surface area contributed by atoms with Crippen LogP contribution in [0.25, 0.3) is 0 Å². The number of carbonyl (C=O) groups is 1. The Morgan fingerprint density at radius 3 is 2.50 bits per heavy atom. The number of nitrogens with zero attached hydrogens (tertiary/aromatic N) is 1. The zero-order valence-corrected chi connectivity index (χ0v) is 12.0. The molecule has 0 radical (unpaired) electrons. The van der Waals surface area contributed by atoms with Crippen LogP contribution in [0.15, 0.2) is 0 Å². The van der Waals surface area contributed by atoms with E-state index in [4.69, 9.17) is 10.5 Å². The van der Waals surface area contributed by atoms with Crippen LogP contribution in [-0.2, 0) is 9.53 Å². The van der Waals surface area contributed by atoms with E-state index in [2.05, 4.69) is 0 Å². The molecule has 1 saturated carbocycles. The van der Waals surface area contributed by atoms with Crippen molar-refractivity contribution in [2.24, 2.45) is 17.6 Å². The smallest absolute Gasteiger partial charge is 0.248 e. The number of ether oxygens (including phenoxy) is 1. The molecule has 0 saturated heterocycles. The molecule has 1 aliphatic rings. The summed E-state index contributed by atoms with van der Waals surface area (Å²) in [6.45, 7) is 5.63. The highest BCUT2D eigenvalue weighted by Gasteiger charge is 2.24. The minimum absolute atomic E-state index is 0.0603. The highest BCUT2D eigenvalue weighted by atomic mass is 16.5. The number of hydrogen-bond donors (Lipinski definition) is 1. The number of nitrogens with two attached hydrogens (primary N) is 1. The predicted molar refractivity (Wildman–Crippen MR) is 73.2 cm³/mol. The van der Waals surface area contributed by atoms with Crippen molar-refractivity contribution in [2.45, 2.75) is 45.6 Å². The average molecular weight is 256 g/mol. The molecule has 4 heteroatoms. The molecule has 4 nitrogen and oxygen atoms in total. The van der Waals surface area contributed by atoms with Crippen LogP contribution in [0, 0.1) is 11.8 Å². The molecule has 2 atom stereocenters. The summed E-state index contributed by atoms with van der Waals surface area (Å²) in [5, 5.41) is 0. The Balaban J connectivity index is 2.26. The van der Waals surface area contributed by atoms with Crippen molar-refractivity contribution < 1.29 is 9.53 Å². The second-order valence-corrected chi connectivity index (χ2v) is 5.65. The van der Waals surface area contributed by atoms with Gasteiger partial charge in [0.05, 0.1) is 6.61 Å². The van der Waals surface area contributed by atoms with E-state index in [1.165, 1.54) is 25.7 Å². The maximum absolute atomic E-state index is 11.8. The molecule has 0 aromatic carbocycles. The molecule has 1 aliphatic carbocycles. The largest absolute Gasteiger partial charge is 0.371 e. The Labute approximate surface area is 111 Å². The molecular weight excluding hydrogens is 228 g/mol. The maximum Gasteiger partial charge on any atom is 0.248 e. The fraction of sp³-hybridized carbons (Fsp3) is 0.929. The molecular formula is C14H28N2O2. The van der Waals surface area contributed by atoms with Gasteiger partial charge >= 0.3 is 0 Å². The topological polar surface area (TPSA) is 55.6 Å². The van der Waals surface area contributed by atoms with Crippen LogP contribution in [0.2, 0.25) is 0 Å². The van der Waals surface area contributed by atoms with Crippen molar-refractivity contribution in [1.29, 1.82) is 0 Å². The van der Waals surface area contributed by atoms with Crippen LogP contribution >= 0.6 is 0 Å². The van der Waals surface area contributed by atoms with Gasteiger partial charge in [0.15, 0.2) is 0 Å². The van der Waals surface area contributed by atoms with Crippen molar-refractivity contribution in [2.75, 3.05) is 26.8 Å². The third-order valence-corrected chi connectivity index (χ3v) is 4.09. The molecule has 1 amide bonds. The third-order valence-electron chi connectivity index (χ3n) is 4.09. The van der Waals surface area contributed by atoms with Gasteiger partial charge in [-0.3, -0.25) is 4.79 Å². The van der Waals surface area contributed by atoms with E-state index >= 15 is 0 Å². The van der Waals surface area contributed by atoms with Gasteiger partial charge in [-0.2, -0.15) is 0 Å². The van der Waals surface area contributed by atoms with Gasteiger partial charge in [-0.1, -0.05) is 12.8 Å². The van der Waals surface area contributed by atoms with Crippen LogP contribution in [0.3, 0.4) is 0 Å². The van der Waals surface area contributed by atoms with Crippen LogP contribution in [0.5, 0.6) is 0 Å². The summed E-state index contributed by atoms with van der Waals surface area (Å²) in [5.74, 6) is 1.18. The second kappa shape index (κ2) is 7.74. The van der Waals surface area contributed by atoms with Gasteiger partial charge in [0.25, 0.3) is 0 Å². The number of likely N-dealkylation sites (N-methyl/N-ethyl adjacent to an activating group) is 1. The van der Waals surface area contributed by atoms with E-state index in [-0.39, 0.29) is 18.6 Å². The number of amides is 1. The van der Waals surface area contributed by atoms with Crippen molar-refractivity contribution in [1.82, 2.24) is 4.90 Å². The van der Waals surface area contributed by atoms with Gasteiger partial charge in [-0.05, 0) is 45.1 Å². The maximum atomic E-state index is 11.8. The van der Waals surface area contributed by atoms with Crippen LogP contribution in [0.1, 0.15) is 39.5 Å². The molecule has 0 aliphatic heterocycles. The Hall–Kier alpha value is -0.610. The van der Waals surface area contributed by atoms with Gasteiger partial charge in [0, 0.05) is 13.1 Å². The van der Waals surface area contributed by atoms with E-state index in [0.29, 0.717) is 18.4 Å². The molecule has 18 heavy (non-hydrogen) atoms. The van der Waals surface area contributed by atoms with Gasteiger partial charge in [0.1, 0.15) is 6.61 Å². The highest BCUT2D eigenvalue weighted by molar-refractivity contribution is 5.77. The van der Waals surface area contributed by atoms with E-state index in [1.807, 2.05) is 20.9 Å². The Kier molecular flexibility index (Phi) is 6.65. The minimum Gasteiger partial charge on any atom is -0.371 e. The van der Waals surface area contributed by atoms with Gasteiger partial charge in [0.2, 0.25) is 5.91 Å². The van der Waals surface area contributed by atoms with Crippen molar-refractivity contribution in [3.63, 3.8) is 0 Å². The second-order valence-electron chi connectivity index (χ2n) is 5.65. The Bertz CT molecular complexity index is 256. The third kappa shape index (κ3) is 4.58. The van der Waals surface area contributed by atoms with E-state index in [1.54, 1.807) is 4.90 Å². The lowest BCUT2D eigenvalue weighted by Crippen LogP contribution is -2.37. The molecule has 106 valence electrons. The molecule has 0 aromatic rings. The molecule has 1 fully saturated rings. The van der Waals surface area contributed by atoms with E-state index < -0.39 is 0 Å². The number of carbonyl (C=O) groups excluding carboxylic acids is 1. The summed E-state index contributed by atoms with van der Waals surface area (Å²) in [5.41, 5.74) is 5.78. The van der Waals surface area contributed by atoms with Crippen LogP contribution < -0.4 is 5.73 Å². The summed E-state index contributed by atoms with van der Waals surface area (Å²) in [4.78, 5) is 13.5. The molecule has 2 N–H and O–H groups in total. The predicted octanol–water partition coefficient (Wildman–Crippen LogP) is 1.63. The average Bonchev–Trinajstić information content (AvgIpc) is 2.38. The monoisotopic (exact) mass is 256 g/mol. The first-order valence-corrected chi connectivity index (χ1v) is 7.09. The first-order chi connectivity index (χ1) is 8.56. The van der Waals surface area contributed by atoms with E-state index in [0.717, 1.165) is 6.54 Å². The molecule has 0 aromatic heterocycles. The molecule has 0 heterocycles. The fourth-order valence-corrected chi connectivity index (χ4v) is 2.50.